The number of nitrogens with zero attached hydrogens (tertiary/aromatic N) is 4. The fraction of sp³-hybridized carbons (Fsp3) is 0.611. The van der Waals surface area contributed by atoms with Gasteiger partial charge in [-0.05, 0) is 33.1 Å². The number of aryl methyl sites for hydroxylation is 4. The Bertz CT molecular complexity index is 727. The first-order valence-corrected chi connectivity index (χ1v) is 9.13. The summed E-state index contributed by atoms with van der Waals surface area (Å²) in [5.74, 6) is 0.741. The molecule has 7 nitrogen and oxygen atoms in total. The highest BCUT2D eigenvalue weighted by molar-refractivity contribution is 5.89. The Balaban J connectivity index is 1.85. The zero-order valence-corrected chi connectivity index (χ0v) is 15.6. The van der Waals surface area contributed by atoms with E-state index in [1.165, 1.54) is 0 Å². The smallest absolute Gasteiger partial charge is 0.317 e. The molecule has 25 heavy (non-hydrogen) atoms. The average Bonchev–Trinajstić information content (AvgIpc) is 3.00. The van der Waals surface area contributed by atoms with E-state index in [4.69, 9.17) is 0 Å². The molecule has 0 bridgehead atoms. The molecule has 2 N–H and O–H groups in total. The van der Waals surface area contributed by atoms with Crippen molar-refractivity contribution >= 4 is 11.8 Å². The van der Waals surface area contributed by atoms with Crippen LogP contribution in [0.15, 0.2) is 6.07 Å². The second kappa shape index (κ2) is 7.29. The molecular formula is C18H28N6O. The summed E-state index contributed by atoms with van der Waals surface area (Å²) in [4.78, 5) is 15.0. The van der Waals surface area contributed by atoms with Gasteiger partial charge < -0.3 is 4.90 Å². The van der Waals surface area contributed by atoms with Crippen LogP contribution in [0.1, 0.15) is 61.3 Å². The molecule has 1 aliphatic heterocycles. The summed E-state index contributed by atoms with van der Waals surface area (Å²) in [5.41, 5.74) is 4.18. The fourth-order valence-corrected chi connectivity index (χ4v) is 3.70. The van der Waals surface area contributed by atoms with Crippen LogP contribution in [0.2, 0.25) is 0 Å². The summed E-state index contributed by atoms with van der Waals surface area (Å²) in [6.07, 6.45) is 5.14. The van der Waals surface area contributed by atoms with Gasteiger partial charge in [0.15, 0.2) is 0 Å². The van der Waals surface area contributed by atoms with Crippen molar-refractivity contribution in [1.82, 2.24) is 24.9 Å². The first kappa shape index (κ1) is 17.5. The van der Waals surface area contributed by atoms with Crippen molar-refractivity contribution in [3.05, 3.63) is 28.7 Å². The number of likely N-dealkylation sites (tertiary alicyclic amines) is 1. The maximum Gasteiger partial charge on any atom is 0.323 e. The molecule has 3 rings (SSSR count). The fourth-order valence-electron chi connectivity index (χ4n) is 3.70. The molecule has 3 heterocycles. The van der Waals surface area contributed by atoms with Gasteiger partial charge in [0.2, 0.25) is 0 Å². The summed E-state index contributed by atoms with van der Waals surface area (Å²) >= 11 is 0. The summed E-state index contributed by atoms with van der Waals surface area (Å²) < 4.78 is 1.73. The number of urea groups is 1. The lowest BCUT2D eigenvalue weighted by molar-refractivity contribution is 0.189. The molecule has 2 aromatic rings. The highest BCUT2D eigenvalue weighted by Gasteiger charge is 2.30. The van der Waals surface area contributed by atoms with E-state index in [2.05, 4.69) is 27.5 Å². The molecule has 136 valence electrons. The maximum absolute atomic E-state index is 13.0. The van der Waals surface area contributed by atoms with Gasteiger partial charge in [-0.2, -0.15) is 10.2 Å². The molecule has 1 saturated heterocycles. The van der Waals surface area contributed by atoms with Crippen molar-refractivity contribution in [2.24, 2.45) is 7.05 Å². The Morgan fingerprint density at radius 2 is 2.16 bits per heavy atom. The van der Waals surface area contributed by atoms with Gasteiger partial charge in [-0.25, -0.2) is 4.79 Å². The van der Waals surface area contributed by atoms with Crippen molar-refractivity contribution in [3.63, 3.8) is 0 Å². The van der Waals surface area contributed by atoms with Gasteiger partial charge in [0.1, 0.15) is 5.82 Å². The number of aromatic nitrogens is 4. The molecule has 2 amide bonds. The number of aromatic amines is 1. The lowest BCUT2D eigenvalue weighted by Gasteiger charge is -2.30. The number of rotatable bonds is 3. The Kier molecular flexibility index (Phi) is 5.11. The third-order valence-corrected chi connectivity index (χ3v) is 5.06. The van der Waals surface area contributed by atoms with E-state index in [9.17, 15) is 4.79 Å². The molecule has 0 spiro atoms. The summed E-state index contributed by atoms with van der Waals surface area (Å²) in [6.45, 7) is 6.86. The molecule has 7 heteroatoms. The summed E-state index contributed by atoms with van der Waals surface area (Å²) in [7, 11) is 1.86. The molecule has 0 radical (unpaired) electrons. The summed E-state index contributed by atoms with van der Waals surface area (Å²) in [6, 6.07) is 1.96. The quantitative estimate of drug-likeness (QED) is 0.895. The van der Waals surface area contributed by atoms with E-state index in [1.807, 2.05) is 31.9 Å². The van der Waals surface area contributed by atoms with Crippen LogP contribution in [0.5, 0.6) is 0 Å². The zero-order valence-electron chi connectivity index (χ0n) is 15.6. The van der Waals surface area contributed by atoms with E-state index < -0.39 is 0 Å². The Hall–Kier alpha value is -2.31. The number of H-pyrrole nitrogens is 1. The number of hydrogen-bond donors (Lipinski definition) is 2. The van der Waals surface area contributed by atoms with Crippen LogP contribution in [0.3, 0.4) is 0 Å². The maximum atomic E-state index is 13.0. The number of amides is 2. The van der Waals surface area contributed by atoms with Crippen LogP contribution >= 0.6 is 0 Å². The van der Waals surface area contributed by atoms with E-state index in [0.717, 1.165) is 67.1 Å². The van der Waals surface area contributed by atoms with Gasteiger partial charge in [0.25, 0.3) is 0 Å². The van der Waals surface area contributed by atoms with Crippen molar-refractivity contribution in [2.75, 3.05) is 11.9 Å². The lowest BCUT2D eigenvalue weighted by atomic mass is 9.99. The monoisotopic (exact) mass is 344 g/mol. The molecule has 0 aromatic carbocycles. The molecule has 0 aliphatic carbocycles. The van der Waals surface area contributed by atoms with E-state index in [1.54, 1.807) is 4.68 Å². The molecule has 1 atom stereocenters. The first-order valence-electron chi connectivity index (χ1n) is 9.13. The van der Waals surface area contributed by atoms with Gasteiger partial charge in [-0.1, -0.05) is 19.8 Å². The minimum Gasteiger partial charge on any atom is -0.317 e. The minimum absolute atomic E-state index is 0.0578. The van der Waals surface area contributed by atoms with Crippen LogP contribution in [0, 0.1) is 13.8 Å². The predicted octanol–water partition coefficient (Wildman–Crippen LogP) is 3.47. The van der Waals surface area contributed by atoms with E-state index in [0.29, 0.717) is 0 Å². The number of anilines is 1. The standard InChI is InChI=1S/C18H28N6O/c1-5-14-11-16(23(4)22-14)19-18(25)24-10-8-6-7-9-15(24)17-12(2)20-21-13(17)3/h11,15H,5-10H2,1-4H3,(H,19,25)(H,20,21)/t15-/m1/s1. The van der Waals surface area contributed by atoms with Gasteiger partial charge in [0.05, 0.1) is 17.4 Å². The molecule has 0 unspecified atom stereocenters. The van der Waals surface area contributed by atoms with Crippen molar-refractivity contribution in [3.8, 4) is 0 Å². The van der Waals surface area contributed by atoms with Crippen LogP contribution in [-0.4, -0.2) is 37.5 Å². The number of hydrogen-bond acceptors (Lipinski definition) is 3. The van der Waals surface area contributed by atoms with Gasteiger partial charge in [0, 0.05) is 30.9 Å². The number of carbonyl (C=O) groups is 1. The molecule has 0 saturated carbocycles. The van der Waals surface area contributed by atoms with Gasteiger partial charge in [-0.3, -0.25) is 15.1 Å². The third-order valence-electron chi connectivity index (χ3n) is 5.06. The van der Waals surface area contributed by atoms with Crippen LogP contribution in [-0.2, 0) is 13.5 Å². The zero-order chi connectivity index (χ0) is 18.0. The Morgan fingerprint density at radius 3 is 2.80 bits per heavy atom. The minimum atomic E-state index is -0.0578. The van der Waals surface area contributed by atoms with Crippen LogP contribution < -0.4 is 5.32 Å². The molecule has 1 aliphatic rings. The Morgan fingerprint density at radius 1 is 1.36 bits per heavy atom. The molecule has 2 aromatic heterocycles. The average molecular weight is 344 g/mol. The van der Waals surface area contributed by atoms with Crippen molar-refractivity contribution in [1.29, 1.82) is 0 Å². The third kappa shape index (κ3) is 3.55. The lowest BCUT2D eigenvalue weighted by Crippen LogP contribution is -2.38. The second-order valence-electron chi connectivity index (χ2n) is 6.83. The topological polar surface area (TPSA) is 78.8 Å². The summed E-state index contributed by atoms with van der Waals surface area (Å²) in [5, 5.41) is 14.9. The van der Waals surface area contributed by atoms with E-state index in [-0.39, 0.29) is 12.1 Å². The van der Waals surface area contributed by atoms with Crippen molar-refractivity contribution < 1.29 is 4.79 Å². The Labute approximate surface area is 148 Å². The SMILES string of the molecule is CCc1cc(NC(=O)N2CCCCC[C@@H]2c2c(C)n[nH]c2C)n(C)n1. The number of nitrogens with one attached hydrogen (secondary N) is 2. The normalized spacial score (nSPS) is 18.2. The van der Waals surface area contributed by atoms with Crippen molar-refractivity contribution in [2.45, 2.75) is 58.9 Å². The largest absolute Gasteiger partial charge is 0.323 e. The van der Waals surface area contributed by atoms with Gasteiger partial charge >= 0.3 is 6.03 Å². The highest BCUT2D eigenvalue weighted by Crippen LogP contribution is 2.33. The highest BCUT2D eigenvalue weighted by atomic mass is 16.2. The van der Waals surface area contributed by atoms with Crippen LogP contribution in [0.4, 0.5) is 10.6 Å². The molecular weight excluding hydrogens is 316 g/mol. The van der Waals surface area contributed by atoms with Crippen LogP contribution in [0.25, 0.3) is 0 Å². The molecule has 1 fully saturated rings. The first-order chi connectivity index (χ1) is 12.0. The van der Waals surface area contributed by atoms with E-state index >= 15 is 0 Å². The second-order valence-corrected chi connectivity index (χ2v) is 6.83. The number of carbonyl (C=O) groups excluding carboxylic acids is 1. The predicted molar refractivity (Wildman–Crippen MR) is 97.6 cm³/mol. The van der Waals surface area contributed by atoms with Gasteiger partial charge in [-0.15, -0.1) is 0 Å².